The van der Waals surface area contributed by atoms with Crippen molar-refractivity contribution in [3.05, 3.63) is 52.3 Å². The lowest BCUT2D eigenvalue weighted by Gasteiger charge is -2.19. The quantitative estimate of drug-likeness (QED) is 0.562. The topological polar surface area (TPSA) is 85.4 Å². The van der Waals surface area contributed by atoms with Crippen LogP contribution in [0.2, 0.25) is 0 Å². The minimum atomic E-state index is -0.285. The van der Waals surface area contributed by atoms with E-state index >= 15 is 0 Å². The van der Waals surface area contributed by atoms with Crippen molar-refractivity contribution in [3.63, 3.8) is 0 Å². The summed E-state index contributed by atoms with van der Waals surface area (Å²) in [5, 5.41) is 11.9. The molecule has 2 amide bonds. The number of aliphatic hydroxyl groups excluding tert-OH is 1. The number of terminal acetylenes is 1. The van der Waals surface area contributed by atoms with Crippen molar-refractivity contribution in [3.8, 4) is 12.3 Å². The van der Waals surface area contributed by atoms with Crippen molar-refractivity contribution >= 4 is 29.2 Å². The van der Waals surface area contributed by atoms with Gasteiger partial charge in [-0.25, -0.2) is 0 Å². The monoisotopic (exact) mass is 363 g/mol. The lowest BCUT2D eigenvalue weighted by Crippen LogP contribution is -2.33. The summed E-state index contributed by atoms with van der Waals surface area (Å²) in [6.45, 7) is 4.04. The van der Waals surface area contributed by atoms with Gasteiger partial charge in [0.15, 0.2) is 0 Å². The lowest BCUT2D eigenvalue weighted by atomic mass is 10.0. The molecule has 0 fully saturated rings. The average molecular weight is 363 g/mol. The fraction of sp³-hybridized carbons (Fsp3) is 0.238. The van der Waals surface area contributed by atoms with Gasteiger partial charge in [-0.2, -0.15) is 0 Å². The summed E-state index contributed by atoms with van der Waals surface area (Å²) >= 11 is 0. The first-order chi connectivity index (χ1) is 12.9. The largest absolute Gasteiger partial charge is 0.395 e. The Balaban J connectivity index is 1.94. The van der Waals surface area contributed by atoms with Gasteiger partial charge in [0.25, 0.3) is 11.8 Å². The molecule has 1 aromatic carbocycles. The van der Waals surface area contributed by atoms with Gasteiger partial charge in [-0.05, 0) is 43.7 Å². The molecule has 2 heterocycles. The summed E-state index contributed by atoms with van der Waals surface area (Å²) in [6.07, 6.45) is 7.12. The highest BCUT2D eigenvalue weighted by Crippen LogP contribution is 2.34. The minimum absolute atomic E-state index is 0.111. The summed E-state index contributed by atoms with van der Waals surface area (Å²) < 4.78 is 0. The number of rotatable bonds is 5. The summed E-state index contributed by atoms with van der Waals surface area (Å²) in [5.74, 6) is 1.92. The molecule has 3 N–H and O–H groups in total. The van der Waals surface area contributed by atoms with Crippen LogP contribution in [-0.2, 0) is 4.79 Å². The highest BCUT2D eigenvalue weighted by molar-refractivity contribution is 6.35. The number of aryl methyl sites for hydroxylation is 2. The Kier molecular flexibility index (Phi) is 5.15. The van der Waals surface area contributed by atoms with Crippen molar-refractivity contribution in [2.75, 3.05) is 25.0 Å². The number of aromatic nitrogens is 1. The number of hydrogen-bond donors (Lipinski definition) is 3. The number of aromatic amines is 1. The molecular formula is C21H21N3O3. The van der Waals surface area contributed by atoms with Crippen LogP contribution in [0.5, 0.6) is 0 Å². The van der Waals surface area contributed by atoms with Gasteiger partial charge < -0.3 is 20.3 Å². The molecule has 1 aliphatic heterocycles. The first kappa shape index (κ1) is 18.5. The van der Waals surface area contributed by atoms with Crippen molar-refractivity contribution in [1.29, 1.82) is 0 Å². The van der Waals surface area contributed by atoms with Crippen LogP contribution in [0.1, 0.15) is 32.9 Å². The van der Waals surface area contributed by atoms with E-state index in [2.05, 4.69) is 16.2 Å². The normalized spacial score (nSPS) is 14.0. The maximum Gasteiger partial charge on any atom is 0.256 e. The molecular weight excluding hydrogens is 342 g/mol. The SMILES string of the molecule is C#CCN(CCO)C(=O)c1ccc2c(c1)NC(=O)/C2=C\c1[nH]c(C)cc1C. The van der Waals surface area contributed by atoms with Crippen LogP contribution in [0.25, 0.3) is 11.6 Å². The summed E-state index contributed by atoms with van der Waals surface area (Å²) in [4.78, 5) is 29.7. The van der Waals surface area contributed by atoms with Crippen LogP contribution in [0.4, 0.5) is 5.69 Å². The van der Waals surface area contributed by atoms with E-state index in [0.717, 1.165) is 22.5 Å². The Morgan fingerprint density at radius 3 is 2.74 bits per heavy atom. The van der Waals surface area contributed by atoms with Crippen molar-refractivity contribution in [2.24, 2.45) is 0 Å². The zero-order chi connectivity index (χ0) is 19.6. The molecule has 6 nitrogen and oxygen atoms in total. The molecule has 1 aromatic heterocycles. The number of hydrogen-bond acceptors (Lipinski definition) is 3. The number of benzene rings is 1. The molecule has 1 aliphatic rings. The molecule has 0 saturated heterocycles. The van der Waals surface area contributed by atoms with Gasteiger partial charge in [0.2, 0.25) is 0 Å². The molecule has 0 aliphatic carbocycles. The molecule has 2 aromatic rings. The lowest BCUT2D eigenvalue weighted by molar-refractivity contribution is -0.110. The highest BCUT2D eigenvalue weighted by atomic mass is 16.3. The van der Waals surface area contributed by atoms with E-state index in [1.54, 1.807) is 18.2 Å². The number of fused-ring (bicyclic) bond motifs is 1. The Labute approximate surface area is 157 Å². The van der Waals surface area contributed by atoms with E-state index in [0.29, 0.717) is 16.8 Å². The Bertz CT molecular complexity index is 979. The predicted molar refractivity (Wildman–Crippen MR) is 105 cm³/mol. The smallest absolute Gasteiger partial charge is 0.256 e. The number of H-pyrrole nitrogens is 1. The third-order valence-corrected chi connectivity index (χ3v) is 4.47. The number of nitrogens with one attached hydrogen (secondary N) is 2. The molecule has 0 atom stereocenters. The Morgan fingerprint density at radius 2 is 2.11 bits per heavy atom. The fourth-order valence-corrected chi connectivity index (χ4v) is 3.18. The molecule has 0 saturated carbocycles. The van der Waals surface area contributed by atoms with Crippen molar-refractivity contribution < 1.29 is 14.7 Å². The van der Waals surface area contributed by atoms with Gasteiger partial charge >= 0.3 is 0 Å². The predicted octanol–water partition coefficient (Wildman–Crippen LogP) is 2.19. The number of amides is 2. The van der Waals surface area contributed by atoms with Crippen LogP contribution >= 0.6 is 0 Å². The Morgan fingerprint density at radius 1 is 1.33 bits per heavy atom. The van der Waals surface area contributed by atoms with Gasteiger partial charge in [0.1, 0.15) is 0 Å². The maximum absolute atomic E-state index is 12.6. The molecule has 0 bridgehead atoms. The zero-order valence-electron chi connectivity index (χ0n) is 15.3. The Hall–Kier alpha value is -3.30. The molecule has 6 heteroatoms. The minimum Gasteiger partial charge on any atom is -0.395 e. The van der Waals surface area contributed by atoms with Crippen molar-refractivity contribution in [1.82, 2.24) is 9.88 Å². The number of anilines is 1. The first-order valence-corrected chi connectivity index (χ1v) is 8.62. The molecule has 27 heavy (non-hydrogen) atoms. The number of carbonyl (C=O) groups excluding carboxylic acids is 2. The van der Waals surface area contributed by atoms with E-state index in [4.69, 9.17) is 11.5 Å². The van der Waals surface area contributed by atoms with Gasteiger partial charge in [-0.15, -0.1) is 6.42 Å². The number of nitrogens with zero attached hydrogens (tertiary/aromatic N) is 1. The molecule has 0 unspecified atom stereocenters. The third-order valence-electron chi connectivity index (χ3n) is 4.47. The van der Waals surface area contributed by atoms with Crippen LogP contribution in [0, 0.1) is 26.2 Å². The number of aliphatic hydroxyl groups is 1. The summed E-state index contributed by atoms with van der Waals surface area (Å²) in [7, 11) is 0. The van der Waals surface area contributed by atoms with Gasteiger partial charge in [0.05, 0.1) is 18.7 Å². The summed E-state index contributed by atoms with van der Waals surface area (Å²) in [5.41, 5.74) is 5.25. The van der Waals surface area contributed by atoms with Gasteiger partial charge in [-0.3, -0.25) is 9.59 Å². The van der Waals surface area contributed by atoms with Gasteiger partial charge in [-0.1, -0.05) is 12.0 Å². The van der Waals surface area contributed by atoms with Crippen LogP contribution in [0.15, 0.2) is 24.3 Å². The molecule has 3 rings (SSSR count). The standard InChI is InChI=1S/C21H21N3O3/c1-4-7-24(8-9-25)21(27)15-5-6-16-17(20(26)23-19(16)11-15)12-18-13(2)10-14(3)22-18/h1,5-6,10-12,22,25H,7-9H2,2-3H3,(H,23,26)/b17-12-. The number of carbonyl (C=O) groups is 2. The maximum atomic E-state index is 12.6. The van der Waals surface area contributed by atoms with Crippen LogP contribution in [-0.4, -0.2) is 46.5 Å². The van der Waals surface area contributed by atoms with E-state index in [-0.39, 0.29) is 31.5 Å². The summed E-state index contributed by atoms with van der Waals surface area (Å²) in [6, 6.07) is 7.08. The zero-order valence-corrected chi connectivity index (χ0v) is 15.3. The highest BCUT2D eigenvalue weighted by Gasteiger charge is 2.26. The average Bonchev–Trinajstić information content (AvgIpc) is 3.12. The van der Waals surface area contributed by atoms with Gasteiger partial charge in [0, 0.05) is 34.7 Å². The second kappa shape index (κ2) is 7.52. The van der Waals surface area contributed by atoms with E-state index in [9.17, 15) is 9.59 Å². The van der Waals surface area contributed by atoms with Crippen LogP contribution < -0.4 is 5.32 Å². The molecule has 138 valence electrons. The van der Waals surface area contributed by atoms with E-state index in [1.165, 1.54) is 4.90 Å². The third kappa shape index (κ3) is 3.64. The second-order valence-corrected chi connectivity index (χ2v) is 6.48. The van der Waals surface area contributed by atoms with Crippen molar-refractivity contribution in [2.45, 2.75) is 13.8 Å². The molecule has 0 radical (unpaired) electrons. The van der Waals surface area contributed by atoms with Crippen LogP contribution in [0.3, 0.4) is 0 Å². The fourth-order valence-electron chi connectivity index (χ4n) is 3.18. The second-order valence-electron chi connectivity index (χ2n) is 6.48. The first-order valence-electron chi connectivity index (χ1n) is 8.62. The van der Waals surface area contributed by atoms with E-state index < -0.39 is 0 Å². The molecule has 0 spiro atoms. The van der Waals surface area contributed by atoms with E-state index in [1.807, 2.05) is 26.0 Å².